The molecule has 1 heterocycles. The summed E-state index contributed by atoms with van der Waals surface area (Å²) in [7, 11) is 1.82. The van der Waals surface area contributed by atoms with Crippen molar-refractivity contribution in [3.8, 4) is 16.9 Å². The first-order valence-corrected chi connectivity index (χ1v) is 7.64. The van der Waals surface area contributed by atoms with Gasteiger partial charge >= 0.3 is 0 Å². The monoisotopic (exact) mass is 314 g/mol. The number of ether oxygens (including phenoxy) is 1. The van der Waals surface area contributed by atoms with E-state index in [1.54, 1.807) is 18.2 Å². The molecule has 0 unspecified atom stereocenters. The molecule has 2 aromatic rings. The third-order valence-electron chi connectivity index (χ3n) is 4.02. The summed E-state index contributed by atoms with van der Waals surface area (Å²) >= 11 is 0. The van der Waals surface area contributed by atoms with Crippen LogP contribution in [0.1, 0.15) is 19.8 Å². The Morgan fingerprint density at radius 1 is 1.22 bits per heavy atom. The lowest BCUT2D eigenvalue weighted by molar-refractivity contribution is -0.118. The number of nitrogens with zero attached hydrogens (tertiary/aromatic N) is 1. The van der Waals surface area contributed by atoms with E-state index in [0.717, 1.165) is 19.4 Å². The Balaban J connectivity index is 1.97. The summed E-state index contributed by atoms with van der Waals surface area (Å²) in [5.41, 5.74) is 1.20. The van der Waals surface area contributed by atoms with Gasteiger partial charge in [0.05, 0.1) is 11.3 Å². The van der Waals surface area contributed by atoms with Gasteiger partial charge in [0.25, 0.3) is 5.91 Å². The highest BCUT2D eigenvalue weighted by Gasteiger charge is 2.26. The number of unbranched alkanes of at least 4 members (excludes halogenated alkanes) is 1. The van der Waals surface area contributed by atoms with E-state index in [2.05, 4.69) is 12.2 Å². The summed E-state index contributed by atoms with van der Waals surface area (Å²) in [6.45, 7) is 2.75. The van der Waals surface area contributed by atoms with Crippen molar-refractivity contribution in [2.45, 2.75) is 19.8 Å². The van der Waals surface area contributed by atoms with Gasteiger partial charge in [-0.3, -0.25) is 14.4 Å². The minimum absolute atomic E-state index is 0.0500. The van der Waals surface area contributed by atoms with Crippen molar-refractivity contribution in [1.82, 2.24) is 0 Å². The van der Waals surface area contributed by atoms with Gasteiger partial charge in [0.15, 0.2) is 6.61 Å². The normalized spacial score (nSPS) is 13.4. The van der Waals surface area contributed by atoms with Gasteiger partial charge in [0.1, 0.15) is 11.4 Å². The maximum atomic E-state index is 12.0. The Morgan fingerprint density at radius 2 is 2.00 bits per heavy atom. The third-order valence-corrected chi connectivity index (χ3v) is 4.02. The molecule has 0 radical (unpaired) electrons. The number of nitrogens with one attached hydrogen (secondary N) is 1. The van der Waals surface area contributed by atoms with Gasteiger partial charge in [-0.25, -0.2) is 0 Å². The first kappa shape index (κ1) is 15.3. The van der Waals surface area contributed by atoms with E-state index >= 15 is 0 Å². The van der Waals surface area contributed by atoms with E-state index in [9.17, 15) is 14.4 Å². The minimum atomic E-state index is -0.469. The lowest BCUT2D eigenvalue weighted by Gasteiger charge is -2.24. The fraction of sp³-hybridized carbons (Fsp3) is 0.353. The van der Waals surface area contributed by atoms with Crippen molar-refractivity contribution in [3.63, 3.8) is 0 Å². The van der Waals surface area contributed by atoms with Crippen LogP contribution in [-0.2, 0) is 4.79 Å². The van der Waals surface area contributed by atoms with Crippen LogP contribution in [0.5, 0.6) is 5.75 Å². The number of fused-ring (bicyclic) bond motifs is 1. The first-order chi connectivity index (χ1) is 11.0. The van der Waals surface area contributed by atoms with Crippen molar-refractivity contribution in [3.05, 3.63) is 38.6 Å². The first-order valence-electron chi connectivity index (χ1n) is 7.64. The maximum Gasteiger partial charge on any atom is 0.262 e. The predicted octanol–water partition coefficient (Wildman–Crippen LogP) is 1.52. The molecule has 0 saturated carbocycles. The largest absolute Gasteiger partial charge is 0.482 e. The Bertz CT molecular complexity index is 834. The zero-order valence-corrected chi connectivity index (χ0v) is 13.1. The van der Waals surface area contributed by atoms with E-state index < -0.39 is 10.9 Å². The van der Waals surface area contributed by atoms with Gasteiger partial charge < -0.3 is 15.0 Å². The zero-order valence-electron chi connectivity index (χ0n) is 13.1. The second kappa shape index (κ2) is 5.87. The standard InChI is InChI=1S/C17H18N2O4/c1-3-4-7-19(2)15-14(16(21)17(15)22)10-5-6-11-12(8-10)23-9-13(20)18-11/h5-6,8H,3-4,7,9H2,1-2H3,(H,18,20). The summed E-state index contributed by atoms with van der Waals surface area (Å²) in [6.07, 6.45) is 1.97. The summed E-state index contributed by atoms with van der Waals surface area (Å²) in [4.78, 5) is 37.1. The van der Waals surface area contributed by atoms with Gasteiger partial charge in [0, 0.05) is 13.6 Å². The predicted molar refractivity (Wildman–Crippen MR) is 89.1 cm³/mol. The van der Waals surface area contributed by atoms with E-state index in [1.807, 2.05) is 11.9 Å². The SMILES string of the molecule is CCCCN(C)c1c(-c2ccc3c(c2)OCC(=O)N3)c(=O)c1=O. The molecule has 0 aliphatic carbocycles. The quantitative estimate of drug-likeness (QED) is 0.847. The van der Waals surface area contributed by atoms with Crippen LogP contribution in [0.3, 0.4) is 0 Å². The van der Waals surface area contributed by atoms with Gasteiger partial charge in [-0.2, -0.15) is 0 Å². The number of benzene rings is 1. The van der Waals surface area contributed by atoms with Crippen LogP contribution in [-0.4, -0.2) is 26.1 Å². The lowest BCUT2D eigenvalue weighted by atomic mass is 9.97. The lowest BCUT2D eigenvalue weighted by Crippen LogP contribution is -2.40. The number of amides is 1. The number of anilines is 2. The Hall–Kier alpha value is -2.63. The Labute approximate surface area is 133 Å². The van der Waals surface area contributed by atoms with Crippen molar-refractivity contribution in [2.75, 3.05) is 30.4 Å². The molecule has 6 heteroatoms. The van der Waals surface area contributed by atoms with Crippen LogP contribution in [0.15, 0.2) is 27.8 Å². The van der Waals surface area contributed by atoms with E-state index in [-0.39, 0.29) is 12.5 Å². The average Bonchev–Trinajstić information content (AvgIpc) is 2.56. The number of hydrogen-bond acceptors (Lipinski definition) is 5. The Kier molecular flexibility index (Phi) is 3.90. The second-order valence-electron chi connectivity index (χ2n) is 5.70. The topological polar surface area (TPSA) is 75.7 Å². The van der Waals surface area contributed by atoms with Crippen molar-refractivity contribution < 1.29 is 9.53 Å². The van der Waals surface area contributed by atoms with Gasteiger partial charge in [-0.1, -0.05) is 19.4 Å². The van der Waals surface area contributed by atoms with Gasteiger partial charge in [-0.05, 0) is 24.1 Å². The third kappa shape index (κ3) is 2.60. The van der Waals surface area contributed by atoms with Gasteiger partial charge in [0.2, 0.25) is 10.9 Å². The average molecular weight is 314 g/mol. The van der Waals surface area contributed by atoms with Crippen molar-refractivity contribution in [2.24, 2.45) is 0 Å². The number of carbonyl (C=O) groups excluding carboxylic acids is 1. The molecule has 120 valence electrons. The molecule has 0 fully saturated rings. The molecular weight excluding hydrogens is 296 g/mol. The molecule has 0 spiro atoms. The van der Waals surface area contributed by atoms with Crippen LogP contribution in [0.25, 0.3) is 11.1 Å². The second-order valence-corrected chi connectivity index (χ2v) is 5.70. The highest BCUT2D eigenvalue weighted by Crippen LogP contribution is 2.34. The highest BCUT2D eigenvalue weighted by atomic mass is 16.5. The molecule has 23 heavy (non-hydrogen) atoms. The molecule has 0 aromatic heterocycles. The summed E-state index contributed by atoms with van der Waals surface area (Å²) < 4.78 is 5.37. The minimum Gasteiger partial charge on any atom is -0.482 e. The van der Waals surface area contributed by atoms with Crippen LogP contribution in [0, 0.1) is 0 Å². The molecular formula is C17H18N2O4. The van der Waals surface area contributed by atoms with Crippen molar-refractivity contribution >= 4 is 17.3 Å². The van der Waals surface area contributed by atoms with Crippen LogP contribution >= 0.6 is 0 Å². The smallest absolute Gasteiger partial charge is 0.262 e. The zero-order chi connectivity index (χ0) is 16.6. The van der Waals surface area contributed by atoms with E-state index in [0.29, 0.717) is 28.3 Å². The molecule has 1 aliphatic heterocycles. The van der Waals surface area contributed by atoms with Crippen LogP contribution in [0.2, 0.25) is 0 Å². The Morgan fingerprint density at radius 3 is 2.74 bits per heavy atom. The molecule has 1 aliphatic rings. The molecule has 2 aromatic carbocycles. The summed E-state index contributed by atoms with van der Waals surface area (Å²) in [5, 5.41) is 2.70. The van der Waals surface area contributed by atoms with Crippen molar-refractivity contribution in [1.29, 1.82) is 0 Å². The molecule has 0 saturated heterocycles. The summed E-state index contributed by atoms with van der Waals surface area (Å²) in [5.74, 6) is 0.302. The van der Waals surface area contributed by atoms with E-state index in [4.69, 9.17) is 4.74 Å². The molecule has 1 N–H and O–H groups in total. The highest BCUT2D eigenvalue weighted by molar-refractivity contribution is 5.96. The molecule has 1 amide bonds. The van der Waals surface area contributed by atoms with Gasteiger partial charge in [-0.15, -0.1) is 0 Å². The fourth-order valence-corrected chi connectivity index (χ4v) is 2.75. The van der Waals surface area contributed by atoms with Crippen LogP contribution in [0.4, 0.5) is 11.4 Å². The van der Waals surface area contributed by atoms with E-state index in [1.165, 1.54) is 0 Å². The maximum absolute atomic E-state index is 12.0. The summed E-state index contributed by atoms with van der Waals surface area (Å²) in [6, 6.07) is 5.11. The number of rotatable bonds is 5. The fourth-order valence-electron chi connectivity index (χ4n) is 2.75. The number of carbonyl (C=O) groups is 1. The molecule has 0 atom stereocenters. The molecule has 0 bridgehead atoms. The van der Waals surface area contributed by atoms with Crippen LogP contribution < -0.4 is 25.8 Å². The number of hydrogen-bond donors (Lipinski definition) is 1. The molecule has 3 rings (SSSR count). The molecule has 6 nitrogen and oxygen atoms in total.